The van der Waals surface area contributed by atoms with Gasteiger partial charge < -0.3 is 15.1 Å². The van der Waals surface area contributed by atoms with Crippen molar-refractivity contribution in [1.82, 2.24) is 15.2 Å². The predicted octanol–water partition coefficient (Wildman–Crippen LogP) is 1.90. The molecule has 1 saturated heterocycles. The molecule has 1 N–H and O–H groups in total. The van der Waals surface area contributed by atoms with Crippen LogP contribution in [0.5, 0.6) is 0 Å². The lowest BCUT2D eigenvalue weighted by Gasteiger charge is -2.35. The number of piperazine rings is 1. The van der Waals surface area contributed by atoms with Crippen LogP contribution in [0.3, 0.4) is 0 Å². The van der Waals surface area contributed by atoms with Crippen LogP contribution in [-0.2, 0) is 9.59 Å². The number of hydrogen-bond donors (Lipinski definition) is 1. The fourth-order valence-electron chi connectivity index (χ4n) is 3.28. The van der Waals surface area contributed by atoms with Gasteiger partial charge in [0.15, 0.2) is 5.78 Å². The molecule has 1 aliphatic heterocycles. The van der Waals surface area contributed by atoms with Crippen molar-refractivity contribution in [2.24, 2.45) is 0 Å². The van der Waals surface area contributed by atoms with Crippen molar-refractivity contribution in [3.05, 3.63) is 60.3 Å². The van der Waals surface area contributed by atoms with Gasteiger partial charge in [-0.2, -0.15) is 0 Å². The Morgan fingerprint density at radius 1 is 0.862 bits per heavy atom. The van der Waals surface area contributed by atoms with Crippen LogP contribution in [0, 0.1) is 0 Å². The zero-order valence-electron chi connectivity index (χ0n) is 16.4. The summed E-state index contributed by atoms with van der Waals surface area (Å²) in [5.74, 6) is 0.702. The summed E-state index contributed by atoms with van der Waals surface area (Å²) in [5.41, 5.74) is 0.611. The quantitative estimate of drug-likeness (QED) is 0.692. The smallest absolute Gasteiger partial charge is 0.224 e. The molecule has 0 saturated carbocycles. The summed E-state index contributed by atoms with van der Waals surface area (Å²) < 4.78 is 0. The number of anilines is 1. The molecule has 152 valence electrons. The van der Waals surface area contributed by atoms with Crippen molar-refractivity contribution in [2.75, 3.05) is 37.6 Å². The summed E-state index contributed by atoms with van der Waals surface area (Å²) in [5, 5.41) is 2.74. The molecule has 0 aliphatic carbocycles. The Hall–Kier alpha value is -3.22. The van der Waals surface area contributed by atoms with Gasteiger partial charge in [0.1, 0.15) is 5.82 Å². The second-order valence-electron chi connectivity index (χ2n) is 6.94. The highest BCUT2D eigenvalue weighted by atomic mass is 16.2. The first-order valence-electron chi connectivity index (χ1n) is 9.92. The van der Waals surface area contributed by atoms with Gasteiger partial charge >= 0.3 is 0 Å². The molecule has 1 aromatic carbocycles. The van der Waals surface area contributed by atoms with E-state index >= 15 is 0 Å². The Bertz CT molecular complexity index is 818. The molecule has 2 aromatic rings. The van der Waals surface area contributed by atoms with Crippen LogP contribution in [-0.4, -0.2) is 60.2 Å². The standard InChI is InChI=1S/C22H26N4O3/c27-19(18-6-2-1-3-7-18)9-10-21(28)24-13-11-22(29)26-16-14-25(15-17-26)20-8-4-5-12-23-20/h1-8,12H,9-11,13-17H2,(H,24,28). The molecule has 0 spiro atoms. The maximum Gasteiger partial charge on any atom is 0.224 e. The van der Waals surface area contributed by atoms with Crippen LogP contribution in [0.2, 0.25) is 0 Å². The Labute approximate surface area is 170 Å². The van der Waals surface area contributed by atoms with Crippen molar-refractivity contribution in [3.8, 4) is 0 Å². The molecule has 0 bridgehead atoms. The summed E-state index contributed by atoms with van der Waals surface area (Å²) in [6.45, 7) is 3.08. The highest BCUT2D eigenvalue weighted by Crippen LogP contribution is 2.13. The van der Waals surface area contributed by atoms with E-state index in [1.54, 1.807) is 30.5 Å². The molecule has 2 heterocycles. The number of aromatic nitrogens is 1. The van der Waals surface area contributed by atoms with E-state index in [2.05, 4.69) is 15.2 Å². The molecule has 1 aromatic heterocycles. The van der Waals surface area contributed by atoms with E-state index in [9.17, 15) is 14.4 Å². The summed E-state index contributed by atoms with van der Waals surface area (Å²) in [6.07, 6.45) is 2.33. The zero-order valence-corrected chi connectivity index (χ0v) is 16.4. The van der Waals surface area contributed by atoms with Crippen molar-refractivity contribution in [3.63, 3.8) is 0 Å². The summed E-state index contributed by atoms with van der Waals surface area (Å²) in [7, 11) is 0. The maximum atomic E-state index is 12.4. The average Bonchev–Trinajstić information content (AvgIpc) is 2.78. The van der Waals surface area contributed by atoms with E-state index in [1.807, 2.05) is 29.2 Å². The van der Waals surface area contributed by atoms with Gasteiger partial charge in [0.2, 0.25) is 11.8 Å². The molecule has 2 amide bonds. The Kier molecular flexibility index (Phi) is 7.33. The summed E-state index contributed by atoms with van der Waals surface area (Å²) in [6, 6.07) is 14.7. The number of ketones is 1. The van der Waals surface area contributed by atoms with Gasteiger partial charge in [-0.05, 0) is 12.1 Å². The minimum atomic E-state index is -0.206. The van der Waals surface area contributed by atoms with Gasteiger partial charge in [0.25, 0.3) is 0 Å². The molecule has 7 nitrogen and oxygen atoms in total. The number of nitrogens with zero attached hydrogens (tertiary/aromatic N) is 3. The number of amides is 2. The number of nitrogens with one attached hydrogen (secondary N) is 1. The number of pyridine rings is 1. The van der Waals surface area contributed by atoms with E-state index in [-0.39, 0.29) is 43.4 Å². The minimum Gasteiger partial charge on any atom is -0.356 e. The van der Waals surface area contributed by atoms with Crippen LogP contribution >= 0.6 is 0 Å². The topological polar surface area (TPSA) is 82.6 Å². The third-order valence-corrected chi connectivity index (χ3v) is 4.94. The summed E-state index contributed by atoms with van der Waals surface area (Å²) >= 11 is 0. The van der Waals surface area contributed by atoms with E-state index in [0.717, 1.165) is 18.9 Å². The fraction of sp³-hybridized carbons (Fsp3) is 0.364. The van der Waals surface area contributed by atoms with Crippen molar-refractivity contribution in [1.29, 1.82) is 0 Å². The SMILES string of the molecule is O=C(CCC(=O)c1ccccc1)NCCC(=O)N1CCN(c2ccccn2)CC1. The van der Waals surface area contributed by atoms with Crippen LogP contribution in [0.1, 0.15) is 29.6 Å². The normalized spacial score (nSPS) is 13.8. The minimum absolute atomic E-state index is 0.0336. The number of rotatable bonds is 8. The molecular formula is C22H26N4O3. The third kappa shape index (κ3) is 6.14. The van der Waals surface area contributed by atoms with E-state index in [4.69, 9.17) is 0 Å². The lowest BCUT2D eigenvalue weighted by molar-refractivity contribution is -0.131. The molecule has 29 heavy (non-hydrogen) atoms. The van der Waals surface area contributed by atoms with Gasteiger partial charge in [0, 0.05) is 63.7 Å². The molecule has 3 rings (SSSR count). The first-order valence-corrected chi connectivity index (χ1v) is 9.92. The molecular weight excluding hydrogens is 368 g/mol. The number of benzene rings is 1. The van der Waals surface area contributed by atoms with Crippen molar-refractivity contribution >= 4 is 23.4 Å². The molecule has 0 unspecified atom stereocenters. The Morgan fingerprint density at radius 3 is 2.28 bits per heavy atom. The first kappa shape index (κ1) is 20.5. The largest absolute Gasteiger partial charge is 0.356 e. The number of hydrogen-bond acceptors (Lipinski definition) is 5. The van der Waals surface area contributed by atoms with Crippen molar-refractivity contribution < 1.29 is 14.4 Å². The van der Waals surface area contributed by atoms with Gasteiger partial charge in [-0.15, -0.1) is 0 Å². The lowest BCUT2D eigenvalue weighted by Crippen LogP contribution is -2.49. The van der Waals surface area contributed by atoms with Gasteiger partial charge in [-0.3, -0.25) is 14.4 Å². The summed E-state index contributed by atoms with van der Waals surface area (Å²) in [4.78, 5) is 44.6. The second kappa shape index (κ2) is 10.4. The Morgan fingerprint density at radius 2 is 1.59 bits per heavy atom. The highest BCUT2D eigenvalue weighted by molar-refractivity contribution is 5.97. The first-order chi connectivity index (χ1) is 14.1. The van der Waals surface area contributed by atoms with Gasteiger partial charge in [-0.25, -0.2) is 4.98 Å². The molecule has 7 heteroatoms. The second-order valence-corrected chi connectivity index (χ2v) is 6.94. The fourth-order valence-corrected chi connectivity index (χ4v) is 3.28. The van der Waals surface area contributed by atoms with Crippen LogP contribution < -0.4 is 10.2 Å². The van der Waals surface area contributed by atoms with Crippen LogP contribution in [0.25, 0.3) is 0 Å². The number of carbonyl (C=O) groups is 3. The van der Waals surface area contributed by atoms with E-state index in [0.29, 0.717) is 18.7 Å². The predicted molar refractivity (Wildman–Crippen MR) is 111 cm³/mol. The molecule has 0 atom stereocenters. The zero-order chi connectivity index (χ0) is 20.5. The van der Waals surface area contributed by atoms with Gasteiger partial charge in [-0.1, -0.05) is 36.4 Å². The van der Waals surface area contributed by atoms with Crippen LogP contribution in [0.4, 0.5) is 5.82 Å². The van der Waals surface area contributed by atoms with Gasteiger partial charge in [0.05, 0.1) is 0 Å². The molecule has 0 radical (unpaired) electrons. The van der Waals surface area contributed by atoms with E-state index < -0.39 is 0 Å². The van der Waals surface area contributed by atoms with Crippen LogP contribution in [0.15, 0.2) is 54.7 Å². The maximum absolute atomic E-state index is 12.4. The molecule has 1 fully saturated rings. The third-order valence-electron chi connectivity index (χ3n) is 4.94. The van der Waals surface area contributed by atoms with Crippen molar-refractivity contribution in [2.45, 2.75) is 19.3 Å². The lowest BCUT2D eigenvalue weighted by atomic mass is 10.1. The average molecular weight is 394 g/mol. The Balaban J connectivity index is 1.32. The molecule has 1 aliphatic rings. The number of carbonyl (C=O) groups excluding carboxylic acids is 3. The monoisotopic (exact) mass is 394 g/mol. The van der Waals surface area contributed by atoms with E-state index in [1.165, 1.54) is 0 Å². The number of Topliss-reactive ketones (excluding diaryl/α,β-unsaturated/α-hetero) is 1. The highest BCUT2D eigenvalue weighted by Gasteiger charge is 2.21.